The van der Waals surface area contributed by atoms with Gasteiger partial charge in [-0.2, -0.15) is 4.99 Å². The second kappa shape index (κ2) is 3.76. The van der Waals surface area contributed by atoms with E-state index in [1.165, 1.54) is 6.07 Å². The van der Waals surface area contributed by atoms with Gasteiger partial charge in [0.05, 0.1) is 16.4 Å². The quantitative estimate of drug-likeness (QED) is 0.558. The minimum absolute atomic E-state index is 0.134. The topological polar surface area (TPSA) is 49.7 Å². The SMILES string of the molecule is O=C(O)c1ccccc1N=C=S. The number of para-hydroxylation sites is 1. The number of hydrogen-bond acceptors (Lipinski definition) is 3. The average molecular weight is 179 g/mol. The van der Waals surface area contributed by atoms with Crippen LogP contribution in [0.4, 0.5) is 5.69 Å². The highest BCUT2D eigenvalue weighted by Gasteiger charge is 2.06. The lowest BCUT2D eigenvalue weighted by atomic mass is 10.2. The molecular formula is C8H5NO2S. The minimum Gasteiger partial charge on any atom is -0.478 e. The van der Waals surface area contributed by atoms with Crippen molar-refractivity contribution >= 4 is 29.0 Å². The fourth-order valence-corrected chi connectivity index (χ4v) is 0.900. The van der Waals surface area contributed by atoms with Crippen molar-refractivity contribution in [2.24, 2.45) is 4.99 Å². The molecule has 0 aromatic heterocycles. The third-order valence-corrected chi connectivity index (χ3v) is 1.39. The molecule has 0 amide bonds. The molecule has 0 saturated heterocycles. The van der Waals surface area contributed by atoms with Crippen LogP contribution in [0.1, 0.15) is 10.4 Å². The highest BCUT2D eigenvalue weighted by Crippen LogP contribution is 2.17. The van der Waals surface area contributed by atoms with Crippen LogP contribution in [0.15, 0.2) is 29.3 Å². The number of aromatic carboxylic acids is 1. The molecule has 1 N–H and O–H groups in total. The zero-order valence-corrected chi connectivity index (χ0v) is 6.84. The maximum absolute atomic E-state index is 10.6. The standard InChI is InChI=1S/C8H5NO2S/c10-8(11)6-3-1-2-4-7(6)9-5-12/h1-4H,(H,10,11). The first kappa shape index (κ1) is 8.59. The van der Waals surface area contributed by atoms with Crippen molar-refractivity contribution in [1.29, 1.82) is 0 Å². The predicted molar refractivity (Wildman–Crippen MR) is 48.1 cm³/mol. The molecule has 1 aromatic carbocycles. The molecule has 0 heterocycles. The molecule has 4 heteroatoms. The zero-order chi connectivity index (χ0) is 8.97. The van der Waals surface area contributed by atoms with Gasteiger partial charge >= 0.3 is 5.97 Å². The van der Waals surface area contributed by atoms with E-state index >= 15 is 0 Å². The highest BCUT2D eigenvalue weighted by atomic mass is 32.1. The van der Waals surface area contributed by atoms with Crippen LogP contribution in [-0.4, -0.2) is 16.2 Å². The molecule has 0 aliphatic rings. The lowest BCUT2D eigenvalue weighted by molar-refractivity contribution is 0.0698. The van der Waals surface area contributed by atoms with Crippen LogP contribution in [0.25, 0.3) is 0 Å². The molecule has 3 nitrogen and oxygen atoms in total. The Labute approximate surface area is 74.4 Å². The predicted octanol–water partition coefficient (Wildman–Crippen LogP) is 2.12. The van der Waals surface area contributed by atoms with Gasteiger partial charge in [0, 0.05) is 0 Å². The number of aliphatic imine (C=N–C) groups is 1. The van der Waals surface area contributed by atoms with E-state index < -0.39 is 5.97 Å². The third kappa shape index (κ3) is 1.75. The van der Waals surface area contributed by atoms with E-state index in [0.29, 0.717) is 5.69 Å². The van der Waals surface area contributed by atoms with Crippen LogP contribution in [-0.2, 0) is 0 Å². The van der Waals surface area contributed by atoms with E-state index in [0.717, 1.165) is 0 Å². The van der Waals surface area contributed by atoms with Crippen molar-refractivity contribution in [3.63, 3.8) is 0 Å². The van der Waals surface area contributed by atoms with E-state index in [-0.39, 0.29) is 5.56 Å². The molecule has 12 heavy (non-hydrogen) atoms. The fraction of sp³-hybridized carbons (Fsp3) is 0. The summed E-state index contributed by atoms with van der Waals surface area (Å²) in [6.45, 7) is 0. The number of hydrogen-bond donors (Lipinski definition) is 1. The Morgan fingerprint density at radius 2 is 2.17 bits per heavy atom. The average Bonchev–Trinajstić information content (AvgIpc) is 2.05. The maximum Gasteiger partial charge on any atom is 0.337 e. The molecule has 0 unspecified atom stereocenters. The number of carboxylic acids is 1. The van der Waals surface area contributed by atoms with Gasteiger partial charge in [-0.15, -0.1) is 0 Å². The number of carboxylic acid groups (broad SMARTS) is 1. The van der Waals surface area contributed by atoms with Crippen LogP contribution in [0.3, 0.4) is 0 Å². The van der Waals surface area contributed by atoms with Gasteiger partial charge in [-0.1, -0.05) is 12.1 Å². The van der Waals surface area contributed by atoms with E-state index in [9.17, 15) is 4.79 Å². The molecule has 0 spiro atoms. The van der Waals surface area contributed by atoms with Gasteiger partial charge < -0.3 is 5.11 Å². The maximum atomic E-state index is 10.6. The molecule has 0 radical (unpaired) electrons. The second-order valence-corrected chi connectivity index (χ2v) is 2.21. The number of nitrogens with zero attached hydrogens (tertiary/aromatic N) is 1. The Morgan fingerprint density at radius 1 is 1.50 bits per heavy atom. The molecule has 0 saturated carbocycles. The normalized spacial score (nSPS) is 8.67. The van der Waals surface area contributed by atoms with E-state index in [4.69, 9.17) is 5.11 Å². The van der Waals surface area contributed by atoms with Crippen molar-refractivity contribution in [2.45, 2.75) is 0 Å². The van der Waals surface area contributed by atoms with Crippen molar-refractivity contribution in [1.82, 2.24) is 0 Å². The Bertz CT molecular complexity index is 335. The van der Waals surface area contributed by atoms with Crippen LogP contribution >= 0.6 is 12.2 Å². The minimum atomic E-state index is -1.01. The van der Waals surface area contributed by atoms with Crippen LogP contribution in [0.2, 0.25) is 0 Å². The second-order valence-electron chi connectivity index (χ2n) is 2.03. The van der Waals surface area contributed by atoms with Crippen molar-refractivity contribution in [3.8, 4) is 0 Å². The third-order valence-electron chi connectivity index (χ3n) is 1.30. The molecule has 0 atom stereocenters. The highest BCUT2D eigenvalue weighted by molar-refractivity contribution is 7.78. The van der Waals surface area contributed by atoms with Gasteiger partial charge in [-0.3, -0.25) is 0 Å². The van der Waals surface area contributed by atoms with E-state index in [1.54, 1.807) is 18.2 Å². The summed E-state index contributed by atoms with van der Waals surface area (Å²) in [6, 6.07) is 6.36. The summed E-state index contributed by atoms with van der Waals surface area (Å²) in [4.78, 5) is 14.2. The summed E-state index contributed by atoms with van der Waals surface area (Å²) >= 11 is 4.37. The molecular weight excluding hydrogens is 174 g/mol. The number of thiocarbonyl (C=S) groups is 1. The summed E-state index contributed by atoms with van der Waals surface area (Å²) in [6.07, 6.45) is 0. The Balaban J connectivity index is 3.26. The molecule has 1 rings (SSSR count). The lowest BCUT2D eigenvalue weighted by Gasteiger charge is -1.96. The fourth-order valence-electron chi connectivity index (χ4n) is 0.801. The zero-order valence-electron chi connectivity index (χ0n) is 6.02. The Hall–Kier alpha value is -1.51. The van der Waals surface area contributed by atoms with Gasteiger partial charge in [-0.05, 0) is 24.4 Å². The van der Waals surface area contributed by atoms with Gasteiger partial charge in [-0.25, -0.2) is 4.79 Å². The largest absolute Gasteiger partial charge is 0.478 e. The van der Waals surface area contributed by atoms with E-state index in [2.05, 4.69) is 22.4 Å². The molecule has 1 aromatic rings. The number of rotatable bonds is 2. The van der Waals surface area contributed by atoms with Gasteiger partial charge in [0.2, 0.25) is 0 Å². The smallest absolute Gasteiger partial charge is 0.337 e. The summed E-state index contributed by atoms with van der Waals surface area (Å²) in [5.74, 6) is -1.01. The molecule has 0 aliphatic heterocycles. The molecule has 0 aliphatic carbocycles. The van der Waals surface area contributed by atoms with Crippen molar-refractivity contribution in [3.05, 3.63) is 29.8 Å². The summed E-state index contributed by atoms with van der Waals surface area (Å²) < 4.78 is 0. The number of isothiocyanates is 1. The summed E-state index contributed by atoms with van der Waals surface area (Å²) in [5, 5.41) is 10.8. The number of carbonyl (C=O) groups is 1. The Morgan fingerprint density at radius 3 is 2.75 bits per heavy atom. The van der Waals surface area contributed by atoms with E-state index in [1.807, 2.05) is 0 Å². The van der Waals surface area contributed by atoms with Crippen LogP contribution in [0, 0.1) is 0 Å². The summed E-state index contributed by atoms with van der Waals surface area (Å²) in [7, 11) is 0. The molecule has 60 valence electrons. The monoisotopic (exact) mass is 179 g/mol. The van der Waals surface area contributed by atoms with Gasteiger partial charge in [0.1, 0.15) is 0 Å². The number of benzene rings is 1. The first-order chi connectivity index (χ1) is 5.75. The van der Waals surface area contributed by atoms with Gasteiger partial charge in [0.25, 0.3) is 0 Å². The van der Waals surface area contributed by atoms with Crippen LogP contribution in [0.5, 0.6) is 0 Å². The summed E-state index contributed by atoms with van der Waals surface area (Å²) in [5.41, 5.74) is 0.467. The molecule has 0 bridgehead atoms. The first-order valence-electron chi connectivity index (χ1n) is 3.16. The lowest BCUT2D eigenvalue weighted by Crippen LogP contribution is -1.95. The molecule has 0 fully saturated rings. The van der Waals surface area contributed by atoms with Gasteiger partial charge in [0.15, 0.2) is 0 Å². The van der Waals surface area contributed by atoms with Crippen LogP contribution < -0.4 is 0 Å². The van der Waals surface area contributed by atoms with Crippen molar-refractivity contribution < 1.29 is 9.90 Å². The Kier molecular flexibility index (Phi) is 2.69. The first-order valence-corrected chi connectivity index (χ1v) is 3.56. The van der Waals surface area contributed by atoms with Crippen molar-refractivity contribution in [2.75, 3.05) is 0 Å².